The molecule has 1 aromatic heterocycles. The standard InChI is InChI=1S/C20H20N2O5/c1-2-9-27-18-8-7-13(10-17(18)23)11-21-12-16-14-5-3-4-6-15(14)19(24)22(26)20(16)25/h3-8,10,12,23,25-26H,2,9,11H2,1H3. The molecule has 0 saturated carbocycles. The Hall–Kier alpha value is -3.48. The van der Waals surface area contributed by atoms with Crippen LogP contribution < -0.4 is 10.3 Å². The Balaban J connectivity index is 1.87. The highest BCUT2D eigenvalue weighted by Gasteiger charge is 2.13. The highest BCUT2D eigenvalue weighted by atomic mass is 16.5. The van der Waals surface area contributed by atoms with Gasteiger partial charge in [-0.3, -0.25) is 9.79 Å². The number of benzene rings is 2. The van der Waals surface area contributed by atoms with Crippen molar-refractivity contribution in [2.24, 2.45) is 4.99 Å². The third-order valence-corrected chi connectivity index (χ3v) is 4.06. The van der Waals surface area contributed by atoms with Crippen LogP contribution in [0.1, 0.15) is 24.5 Å². The maximum Gasteiger partial charge on any atom is 0.294 e. The van der Waals surface area contributed by atoms with E-state index in [2.05, 4.69) is 4.99 Å². The van der Waals surface area contributed by atoms with Gasteiger partial charge in [-0.1, -0.05) is 31.2 Å². The van der Waals surface area contributed by atoms with Gasteiger partial charge in [0, 0.05) is 11.6 Å². The molecule has 0 spiro atoms. The predicted octanol–water partition coefficient (Wildman–Crippen LogP) is 3.06. The molecule has 3 N–H and O–H groups in total. The van der Waals surface area contributed by atoms with Crippen LogP contribution in [0.25, 0.3) is 10.8 Å². The lowest BCUT2D eigenvalue weighted by Gasteiger charge is -2.09. The number of aliphatic imine (C=N–C) groups is 1. The third-order valence-electron chi connectivity index (χ3n) is 4.06. The van der Waals surface area contributed by atoms with Gasteiger partial charge in [0.2, 0.25) is 5.88 Å². The van der Waals surface area contributed by atoms with Crippen LogP contribution in [0.2, 0.25) is 0 Å². The minimum Gasteiger partial charge on any atom is -0.504 e. The first-order valence-corrected chi connectivity index (χ1v) is 8.53. The molecule has 1 heterocycles. The number of hydrogen-bond donors (Lipinski definition) is 3. The van der Waals surface area contributed by atoms with Crippen molar-refractivity contribution in [3.8, 4) is 17.4 Å². The van der Waals surface area contributed by atoms with E-state index in [9.17, 15) is 20.2 Å². The van der Waals surface area contributed by atoms with Gasteiger partial charge in [0.15, 0.2) is 11.5 Å². The van der Waals surface area contributed by atoms with Crippen molar-refractivity contribution in [3.63, 3.8) is 0 Å². The van der Waals surface area contributed by atoms with Crippen molar-refractivity contribution in [1.82, 2.24) is 4.73 Å². The Kier molecular flexibility index (Phi) is 5.30. The minimum absolute atomic E-state index is 0.0355. The fourth-order valence-corrected chi connectivity index (χ4v) is 2.71. The molecular weight excluding hydrogens is 348 g/mol. The highest BCUT2D eigenvalue weighted by Crippen LogP contribution is 2.27. The van der Waals surface area contributed by atoms with E-state index in [0.717, 1.165) is 12.0 Å². The summed E-state index contributed by atoms with van der Waals surface area (Å²) in [5, 5.41) is 30.6. The second kappa shape index (κ2) is 7.82. The molecule has 0 aliphatic carbocycles. The van der Waals surface area contributed by atoms with Crippen LogP contribution in [0.15, 0.2) is 52.3 Å². The summed E-state index contributed by atoms with van der Waals surface area (Å²) < 4.78 is 5.63. The monoisotopic (exact) mass is 368 g/mol. The number of hydrogen-bond acceptors (Lipinski definition) is 6. The molecule has 0 amide bonds. The molecule has 2 aromatic carbocycles. The molecule has 7 nitrogen and oxygen atoms in total. The lowest BCUT2D eigenvalue weighted by Crippen LogP contribution is -2.19. The van der Waals surface area contributed by atoms with E-state index in [0.29, 0.717) is 17.7 Å². The maximum atomic E-state index is 12.0. The van der Waals surface area contributed by atoms with E-state index in [-0.39, 0.29) is 28.0 Å². The van der Waals surface area contributed by atoms with Gasteiger partial charge < -0.3 is 20.2 Å². The van der Waals surface area contributed by atoms with E-state index >= 15 is 0 Å². The molecule has 140 valence electrons. The molecule has 0 aliphatic heterocycles. The van der Waals surface area contributed by atoms with Gasteiger partial charge in [-0.15, -0.1) is 4.73 Å². The van der Waals surface area contributed by atoms with Crippen molar-refractivity contribution in [1.29, 1.82) is 0 Å². The summed E-state index contributed by atoms with van der Waals surface area (Å²) in [5.74, 6) is -0.123. The Morgan fingerprint density at radius 2 is 1.89 bits per heavy atom. The summed E-state index contributed by atoms with van der Waals surface area (Å²) in [7, 11) is 0. The third kappa shape index (κ3) is 3.72. The van der Waals surface area contributed by atoms with Crippen LogP contribution in [-0.4, -0.2) is 33.0 Å². The van der Waals surface area contributed by atoms with Gasteiger partial charge in [-0.05, 0) is 30.2 Å². The first kappa shape index (κ1) is 18.3. The summed E-state index contributed by atoms with van der Waals surface area (Å²) in [6.07, 6.45) is 2.23. The number of aromatic nitrogens is 1. The first-order chi connectivity index (χ1) is 13.0. The Labute approximate surface area is 155 Å². The molecule has 0 saturated heterocycles. The van der Waals surface area contributed by atoms with Crippen molar-refractivity contribution >= 4 is 17.0 Å². The number of aromatic hydroxyl groups is 2. The molecule has 27 heavy (non-hydrogen) atoms. The van der Waals surface area contributed by atoms with Crippen LogP contribution in [0, 0.1) is 0 Å². The SMILES string of the molecule is CCCOc1ccc(CN=Cc2c(O)n(O)c(=O)c3ccccc23)cc1O. The number of nitrogens with zero attached hydrogens (tertiary/aromatic N) is 2. The molecular formula is C20H20N2O5. The summed E-state index contributed by atoms with van der Waals surface area (Å²) in [5.41, 5.74) is 0.279. The Morgan fingerprint density at radius 1 is 1.15 bits per heavy atom. The number of fused-ring (bicyclic) bond motifs is 1. The van der Waals surface area contributed by atoms with Crippen molar-refractivity contribution in [3.05, 3.63) is 63.9 Å². The molecule has 0 unspecified atom stereocenters. The molecule has 0 radical (unpaired) electrons. The quantitative estimate of drug-likeness (QED) is 0.458. The largest absolute Gasteiger partial charge is 0.504 e. The lowest BCUT2D eigenvalue weighted by molar-refractivity contribution is 0.145. The van der Waals surface area contributed by atoms with Gasteiger partial charge in [-0.25, -0.2) is 0 Å². The smallest absolute Gasteiger partial charge is 0.294 e. The highest BCUT2D eigenvalue weighted by molar-refractivity contribution is 6.01. The normalized spacial score (nSPS) is 11.3. The van der Waals surface area contributed by atoms with Crippen LogP contribution in [0.4, 0.5) is 0 Å². The lowest BCUT2D eigenvalue weighted by atomic mass is 10.1. The number of ether oxygens (including phenoxy) is 1. The Morgan fingerprint density at radius 3 is 2.59 bits per heavy atom. The summed E-state index contributed by atoms with van der Waals surface area (Å²) in [6, 6.07) is 11.7. The maximum absolute atomic E-state index is 12.0. The molecule has 0 aliphatic rings. The second-order valence-corrected chi connectivity index (χ2v) is 6.02. The fourth-order valence-electron chi connectivity index (χ4n) is 2.71. The van der Waals surface area contributed by atoms with E-state index in [4.69, 9.17) is 4.74 Å². The van der Waals surface area contributed by atoms with Gasteiger partial charge in [0.1, 0.15) is 0 Å². The molecule has 0 bridgehead atoms. The van der Waals surface area contributed by atoms with Gasteiger partial charge in [0.25, 0.3) is 5.56 Å². The average molecular weight is 368 g/mol. The fraction of sp³-hybridized carbons (Fsp3) is 0.200. The van der Waals surface area contributed by atoms with Crippen LogP contribution in [0.3, 0.4) is 0 Å². The van der Waals surface area contributed by atoms with Gasteiger partial charge in [0.05, 0.1) is 24.1 Å². The zero-order chi connectivity index (χ0) is 19.4. The number of rotatable bonds is 6. The van der Waals surface area contributed by atoms with Crippen molar-refractivity contribution in [2.75, 3.05) is 6.61 Å². The average Bonchev–Trinajstić information content (AvgIpc) is 2.68. The first-order valence-electron chi connectivity index (χ1n) is 8.53. The second-order valence-electron chi connectivity index (χ2n) is 6.02. The summed E-state index contributed by atoms with van der Waals surface area (Å²) in [4.78, 5) is 16.3. The predicted molar refractivity (Wildman–Crippen MR) is 102 cm³/mol. The van der Waals surface area contributed by atoms with Crippen LogP contribution in [0.5, 0.6) is 17.4 Å². The molecule has 3 aromatic rings. The molecule has 0 atom stereocenters. The van der Waals surface area contributed by atoms with E-state index in [1.807, 2.05) is 6.92 Å². The number of pyridine rings is 1. The van der Waals surface area contributed by atoms with Gasteiger partial charge in [-0.2, -0.15) is 0 Å². The zero-order valence-electron chi connectivity index (χ0n) is 14.8. The summed E-state index contributed by atoms with van der Waals surface area (Å²) in [6.45, 7) is 2.74. The minimum atomic E-state index is -0.701. The number of phenols is 1. The van der Waals surface area contributed by atoms with Crippen LogP contribution >= 0.6 is 0 Å². The molecule has 3 rings (SSSR count). The topological polar surface area (TPSA) is 104 Å². The van der Waals surface area contributed by atoms with E-state index in [1.165, 1.54) is 6.21 Å². The van der Waals surface area contributed by atoms with Gasteiger partial charge >= 0.3 is 0 Å². The number of phenolic OH excluding ortho intramolecular Hbond substituents is 1. The van der Waals surface area contributed by atoms with E-state index < -0.39 is 11.4 Å². The van der Waals surface area contributed by atoms with Crippen LogP contribution in [-0.2, 0) is 6.54 Å². The van der Waals surface area contributed by atoms with Crippen molar-refractivity contribution < 1.29 is 20.2 Å². The molecule has 7 heteroatoms. The Bertz CT molecular complexity index is 1060. The van der Waals surface area contributed by atoms with Crippen molar-refractivity contribution in [2.45, 2.75) is 19.9 Å². The molecule has 0 fully saturated rings. The van der Waals surface area contributed by atoms with E-state index in [1.54, 1.807) is 42.5 Å². The zero-order valence-corrected chi connectivity index (χ0v) is 14.8. The summed E-state index contributed by atoms with van der Waals surface area (Å²) >= 11 is 0.